The second-order valence-corrected chi connectivity index (χ2v) is 5.07. The molecule has 1 saturated carbocycles. The third-order valence-corrected chi connectivity index (χ3v) is 3.66. The van der Waals surface area contributed by atoms with Crippen LogP contribution in [0.3, 0.4) is 0 Å². The first-order valence-electron chi connectivity index (χ1n) is 6.79. The highest BCUT2D eigenvalue weighted by molar-refractivity contribution is 5.98. The zero-order valence-electron chi connectivity index (χ0n) is 11.0. The average Bonchev–Trinajstić information content (AvgIpc) is 3.12. The molecular weight excluding hydrogens is 238 g/mol. The van der Waals surface area contributed by atoms with Crippen molar-refractivity contribution < 1.29 is 4.79 Å². The van der Waals surface area contributed by atoms with Crippen molar-refractivity contribution in [1.82, 2.24) is 15.0 Å². The van der Waals surface area contributed by atoms with Gasteiger partial charge in [0.05, 0.1) is 6.20 Å². The zero-order valence-corrected chi connectivity index (χ0v) is 11.0. The van der Waals surface area contributed by atoms with Crippen molar-refractivity contribution in [2.75, 3.05) is 0 Å². The van der Waals surface area contributed by atoms with Crippen LogP contribution in [-0.2, 0) is 6.54 Å². The summed E-state index contributed by atoms with van der Waals surface area (Å²) in [4.78, 5) is 12.4. The van der Waals surface area contributed by atoms with Crippen LogP contribution in [0, 0.1) is 5.92 Å². The van der Waals surface area contributed by atoms with Crippen LogP contribution in [0.25, 0.3) is 0 Å². The normalized spacial score (nSPS) is 21.3. The van der Waals surface area contributed by atoms with Crippen molar-refractivity contribution in [3.63, 3.8) is 0 Å². The van der Waals surface area contributed by atoms with Crippen LogP contribution in [0.5, 0.6) is 0 Å². The standard InChI is InChI=1S/C15H17N3O/c1-2-8-18-14(10-16-17-18)15(19)13-9-12(13)11-6-4-3-5-7-11/h3-7,10,12-13H,2,8-9H2,1H3. The Hall–Kier alpha value is -1.97. The smallest absolute Gasteiger partial charge is 0.186 e. The van der Waals surface area contributed by atoms with Crippen LogP contribution >= 0.6 is 0 Å². The molecule has 2 aromatic rings. The highest BCUT2D eigenvalue weighted by atomic mass is 16.1. The molecule has 0 amide bonds. The number of hydrogen-bond acceptors (Lipinski definition) is 3. The number of aromatic nitrogens is 3. The van der Waals surface area contributed by atoms with Gasteiger partial charge in [-0.15, -0.1) is 5.10 Å². The Bertz CT molecular complexity index is 576. The molecule has 0 aliphatic heterocycles. The van der Waals surface area contributed by atoms with Gasteiger partial charge < -0.3 is 0 Å². The molecule has 1 aliphatic carbocycles. The minimum absolute atomic E-state index is 0.108. The SMILES string of the molecule is CCCn1nncc1C(=O)C1CC1c1ccccc1. The summed E-state index contributed by atoms with van der Waals surface area (Å²) in [5, 5.41) is 7.84. The van der Waals surface area contributed by atoms with E-state index in [1.807, 2.05) is 18.2 Å². The minimum Gasteiger partial charge on any atom is -0.292 e. The first kappa shape index (κ1) is 12.1. The molecule has 0 N–H and O–H groups in total. The fourth-order valence-electron chi connectivity index (χ4n) is 2.57. The highest BCUT2D eigenvalue weighted by Gasteiger charge is 2.44. The first-order chi connectivity index (χ1) is 9.31. The number of hydrogen-bond donors (Lipinski definition) is 0. The molecule has 0 radical (unpaired) electrons. The Balaban J connectivity index is 1.74. The Morgan fingerprint density at radius 1 is 1.37 bits per heavy atom. The number of nitrogens with zero attached hydrogens (tertiary/aromatic N) is 3. The van der Waals surface area contributed by atoms with Gasteiger partial charge in [-0.1, -0.05) is 42.5 Å². The molecule has 4 nitrogen and oxygen atoms in total. The maximum absolute atomic E-state index is 12.4. The summed E-state index contributed by atoms with van der Waals surface area (Å²) in [6.07, 6.45) is 3.49. The molecule has 2 atom stereocenters. The lowest BCUT2D eigenvalue weighted by molar-refractivity contribution is 0.0954. The van der Waals surface area contributed by atoms with Gasteiger partial charge in [0.2, 0.25) is 0 Å². The Kier molecular flexibility index (Phi) is 3.15. The number of carbonyl (C=O) groups is 1. The van der Waals surface area contributed by atoms with Gasteiger partial charge >= 0.3 is 0 Å². The Morgan fingerprint density at radius 2 is 2.16 bits per heavy atom. The molecule has 19 heavy (non-hydrogen) atoms. The molecule has 4 heteroatoms. The van der Waals surface area contributed by atoms with E-state index in [2.05, 4.69) is 29.4 Å². The van der Waals surface area contributed by atoms with Gasteiger partial charge in [0.15, 0.2) is 5.78 Å². The molecule has 3 rings (SSSR count). The van der Waals surface area contributed by atoms with Gasteiger partial charge in [0, 0.05) is 12.5 Å². The minimum atomic E-state index is 0.108. The summed E-state index contributed by atoms with van der Waals surface area (Å²) in [6, 6.07) is 10.2. The maximum atomic E-state index is 12.4. The van der Waals surface area contributed by atoms with Crippen LogP contribution in [0.1, 0.15) is 41.7 Å². The van der Waals surface area contributed by atoms with Crippen molar-refractivity contribution in [3.8, 4) is 0 Å². The molecule has 0 saturated heterocycles. The van der Waals surface area contributed by atoms with Gasteiger partial charge in [-0.25, -0.2) is 4.68 Å². The van der Waals surface area contributed by atoms with Crippen molar-refractivity contribution in [3.05, 3.63) is 47.8 Å². The molecule has 1 fully saturated rings. The largest absolute Gasteiger partial charge is 0.292 e. The van der Waals surface area contributed by atoms with Crippen LogP contribution in [0.15, 0.2) is 36.5 Å². The topological polar surface area (TPSA) is 47.8 Å². The van der Waals surface area contributed by atoms with Crippen LogP contribution in [0.4, 0.5) is 0 Å². The third-order valence-electron chi connectivity index (χ3n) is 3.66. The summed E-state index contributed by atoms with van der Waals surface area (Å²) in [6.45, 7) is 2.82. The van der Waals surface area contributed by atoms with Crippen LogP contribution in [0.2, 0.25) is 0 Å². The third kappa shape index (κ3) is 2.30. The summed E-state index contributed by atoms with van der Waals surface area (Å²) >= 11 is 0. The predicted octanol–water partition coefficient (Wildman–Crippen LogP) is 2.67. The zero-order chi connectivity index (χ0) is 13.2. The van der Waals surface area contributed by atoms with Gasteiger partial charge in [-0.2, -0.15) is 0 Å². The first-order valence-corrected chi connectivity index (χ1v) is 6.79. The van der Waals surface area contributed by atoms with Crippen molar-refractivity contribution in [2.45, 2.75) is 32.2 Å². The van der Waals surface area contributed by atoms with E-state index >= 15 is 0 Å². The molecule has 1 aromatic carbocycles. The Morgan fingerprint density at radius 3 is 2.89 bits per heavy atom. The van der Waals surface area contributed by atoms with E-state index in [1.54, 1.807) is 10.9 Å². The lowest BCUT2D eigenvalue weighted by Crippen LogP contribution is -2.12. The predicted molar refractivity (Wildman–Crippen MR) is 71.9 cm³/mol. The molecule has 0 bridgehead atoms. The van der Waals surface area contributed by atoms with Crippen LogP contribution < -0.4 is 0 Å². The molecule has 1 heterocycles. The van der Waals surface area contributed by atoms with Gasteiger partial charge in [-0.05, 0) is 24.3 Å². The van der Waals surface area contributed by atoms with Gasteiger partial charge in [0.1, 0.15) is 5.69 Å². The highest BCUT2D eigenvalue weighted by Crippen LogP contribution is 2.48. The maximum Gasteiger partial charge on any atom is 0.186 e. The van der Waals surface area contributed by atoms with Crippen molar-refractivity contribution in [2.24, 2.45) is 5.92 Å². The molecule has 1 aromatic heterocycles. The van der Waals surface area contributed by atoms with Crippen LogP contribution in [-0.4, -0.2) is 20.8 Å². The average molecular weight is 255 g/mol. The molecule has 1 aliphatic rings. The number of aryl methyl sites for hydroxylation is 1. The number of Topliss-reactive ketones (excluding diaryl/α,β-unsaturated/α-hetero) is 1. The Labute approximate surface area is 112 Å². The second kappa shape index (κ2) is 4.96. The number of ketones is 1. The summed E-state index contributed by atoms with van der Waals surface area (Å²) < 4.78 is 1.72. The van der Waals surface area contributed by atoms with Crippen molar-refractivity contribution >= 4 is 5.78 Å². The van der Waals surface area contributed by atoms with E-state index in [-0.39, 0.29) is 11.7 Å². The number of carbonyl (C=O) groups excluding carboxylic acids is 1. The van der Waals surface area contributed by atoms with E-state index in [0.29, 0.717) is 11.6 Å². The fourth-order valence-corrected chi connectivity index (χ4v) is 2.57. The number of benzene rings is 1. The number of rotatable bonds is 5. The van der Waals surface area contributed by atoms with Gasteiger partial charge in [-0.3, -0.25) is 4.79 Å². The molecular formula is C15H17N3O. The molecule has 0 spiro atoms. The van der Waals surface area contributed by atoms with E-state index < -0.39 is 0 Å². The summed E-state index contributed by atoms with van der Waals surface area (Å²) in [5.74, 6) is 0.669. The second-order valence-electron chi connectivity index (χ2n) is 5.07. The lowest BCUT2D eigenvalue weighted by Gasteiger charge is -2.03. The van der Waals surface area contributed by atoms with E-state index in [1.165, 1.54) is 5.56 Å². The summed E-state index contributed by atoms with van der Waals surface area (Å²) in [7, 11) is 0. The molecule has 98 valence electrons. The summed E-state index contributed by atoms with van der Waals surface area (Å²) in [5.41, 5.74) is 1.92. The monoisotopic (exact) mass is 255 g/mol. The van der Waals surface area contributed by atoms with E-state index in [4.69, 9.17) is 0 Å². The van der Waals surface area contributed by atoms with Gasteiger partial charge in [0.25, 0.3) is 0 Å². The van der Waals surface area contributed by atoms with E-state index in [9.17, 15) is 4.79 Å². The molecule has 2 unspecified atom stereocenters. The quantitative estimate of drug-likeness (QED) is 0.772. The lowest BCUT2D eigenvalue weighted by atomic mass is 10.1. The fraction of sp³-hybridized carbons (Fsp3) is 0.400. The van der Waals surface area contributed by atoms with Crippen molar-refractivity contribution in [1.29, 1.82) is 0 Å². The van der Waals surface area contributed by atoms with E-state index in [0.717, 1.165) is 19.4 Å².